The highest BCUT2D eigenvalue weighted by molar-refractivity contribution is 9.10. The van der Waals surface area contributed by atoms with Gasteiger partial charge in [0.2, 0.25) is 0 Å². The Morgan fingerprint density at radius 1 is 1.42 bits per heavy atom. The van der Waals surface area contributed by atoms with Gasteiger partial charge in [0.05, 0.1) is 16.4 Å². The molecule has 0 saturated heterocycles. The van der Waals surface area contributed by atoms with E-state index in [0.717, 1.165) is 41.9 Å². The van der Waals surface area contributed by atoms with Crippen LogP contribution in [-0.4, -0.2) is 31.5 Å². The highest BCUT2D eigenvalue weighted by Crippen LogP contribution is 2.26. The van der Waals surface area contributed by atoms with E-state index >= 15 is 0 Å². The maximum atomic E-state index is 4.41. The number of rotatable bonds is 7. The minimum Gasteiger partial charge on any atom is -0.302 e. The number of hydrogen-bond donors (Lipinski definition) is 2. The van der Waals surface area contributed by atoms with Crippen molar-refractivity contribution >= 4 is 15.9 Å². The third kappa shape index (κ3) is 3.22. The predicted molar refractivity (Wildman–Crippen MR) is 76.7 cm³/mol. The number of H-pyrrole nitrogens is 1. The lowest BCUT2D eigenvalue weighted by Crippen LogP contribution is -2.27. The Kier molecular flexibility index (Phi) is 5.09. The summed E-state index contributed by atoms with van der Waals surface area (Å²) in [6, 6.07) is -0.0223. The van der Waals surface area contributed by atoms with Crippen LogP contribution in [0.4, 0.5) is 0 Å². The minimum atomic E-state index is -0.0223. The van der Waals surface area contributed by atoms with Crippen molar-refractivity contribution in [2.45, 2.75) is 39.3 Å². The largest absolute Gasteiger partial charge is 0.302 e. The molecule has 2 N–H and O–H groups in total. The van der Waals surface area contributed by atoms with Gasteiger partial charge in [-0.05, 0) is 35.3 Å². The average Bonchev–Trinajstić information content (AvgIpc) is 3.03. The van der Waals surface area contributed by atoms with Crippen molar-refractivity contribution in [3.8, 4) is 0 Å². The Bertz CT molecular complexity index is 492. The fraction of sp³-hybridized carbons (Fsp3) is 0.583. The molecule has 0 bridgehead atoms. The average molecular weight is 327 g/mol. The number of aromatic amines is 1. The second-order valence-electron chi connectivity index (χ2n) is 4.36. The fourth-order valence-electron chi connectivity index (χ4n) is 2.01. The van der Waals surface area contributed by atoms with Crippen LogP contribution in [0.5, 0.6) is 0 Å². The van der Waals surface area contributed by atoms with Gasteiger partial charge in [-0.3, -0.25) is 9.78 Å². The first-order valence-electron chi connectivity index (χ1n) is 6.57. The van der Waals surface area contributed by atoms with Gasteiger partial charge in [-0.15, -0.1) is 0 Å². The minimum absolute atomic E-state index is 0.0223. The lowest BCUT2D eigenvalue weighted by atomic mass is 10.2. The zero-order valence-electron chi connectivity index (χ0n) is 11.2. The quantitative estimate of drug-likeness (QED) is 0.818. The molecule has 6 nitrogen and oxygen atoms in total. The van der Waals surface area contributed by atoms with E-state index < -0.39 is 0 Å². The second kappa shape index (κ2) is 6.81. The number of hydrogen-bond acceptors (Lipinski definition) is 4. The van der Waals surface area contributed by atoms with Crippen LogP contribution < -0.4 is 5.32 Å². The van der Waals surface area contributed by atoms with Crippen molar-refractivity contribution in [1.29, 1.82) is 0 Å². The van der Waals surface area contributed by atoms with Crippen molar-refractivity contribution in [3.63, 3.8) is 0 Å². The van der Waals surface area contributed by atoms with Gasteiger partial charge in [0.1, 0.15) is 18.2 Å². The summed E-state index contributed by atoms with van der Waals surface area (Å²) < 4.78 is 3.01. The first-order valence-corrected chi connectivity index (χ1v) is 7.37. The van der Waals surface area contributed by atoms with E-state index in [4.69, 9.17) is 0 Å². The van der Waals surface area contributed by atoms with Gasteiger partial charge in [0, 0.05) is 6.54 Å². The Hall–Kier alpha value is -1.21. The van der Waals surface area contributed by atoms with Gasteiger partial charge < -0.3 is 5.32 Å². The summed E-state index contributed by atoms with van der Waals surface area (Å²) in [5.74, 6) is 0.812. The van der Waals surface area contributed by atoms with E-state index in [0.29, 0.717) is 0 Å². The number of nitrogens with zero attached hydrogens (tertiary/aromatic N) is 4. The van der Waals surface area contributed by atoms with Gasteiger partial charge in [0.25, 0.3) is 0 Å². The van der Waals surface area contributed by atoms with Crippen LogP contribution >= 0.6 is 15.9 Å². The fourth-order valence-corrected chi connectivity index (χ4v) is 2.54. The summed E-state index contributed by atoms with van der Waals surface area (Å²) in [5, 5.41) is 14.8. The van der Waals surface area contributed by atoms with Crippen LogP contribution in [0.25, 0.3) is 0 Å². The topological polar surface area (TPSA) is 71.4 Å². The van der Waals surface area contributed by atoms with Gasteiger partial charge >= 0.3 is 0 Å². The molecular formula is C12H19BrN6. The second-order valence-corrected chi connectivity index (χ2v) is 5.21. The van der Waals surface area contributed by atoms with Crippen LogP contribution in [0.3, 0.4) is 0 Å². The monoisotopic (exact) mass is 326 g/mol. The summed E-state index contributed by atoms with van der Waals surface area (Å²) in [4.78, 5) is 4.28. The zero-order chi connectivity index (χ0) is 13.7. The summed E-state index contributed by atoms with van der Waals surface area (Å²) in [5.41, 5.74) is 1.09. The molecule has 2 heterocycles. The smallest absolute Gasteiger partial charge is 0.147 e. The lowest BCUT2D eigenvalue weighted by molar-refractivity contribution is 0.497. The highest BCUT2D eigenvalue weighted by atomic mass is 79.9. The standard InChI is InChI=1S/C12H19BrN6/c1-3-5-14-10(12-15-8-16-18-12)11-9(13)7-17-19(11)6-4-2/h7-8,10,14H,3-6H2,1-2H3,(H,15,16,18). The molecule has 1 unspecified atom stereocenters. The molecule has 0 amide bonds. The SMILES string of the molecule is CCCNC(c1ncn[nH]1)c1c(Br)cnn1CCC. The molecule has 7 heteroatoms. The first-order chi connectivity index (χ1) is 9.27. The van der Waals surface area contributed by atoms with Crippen molar-refractivity contribution in [2.75, 3.05) is 6.54 Å². The molecule has 19 heavy (non-hydrogen) atoms. The van der Waals surface area contributed by atoms with Crippen molar-refractivity contribution in [3.05, 3.63) is 28.5 Å². The highest BCUT2D eigenvalue weighted by Gasteiger charge is 2.23. The normalized spacial score (nSPS) is 12.8. The molecule has 0 aliphatic carbocycles. The maximum absolute atomic E-state index is 4.41. The Morgan fingerprint density at radius 3 is 2.89 bits per heavy atom. The van der Waals surface area contributed by atoms with E-state index in [2.05, 4.69) is 55.4 Å². The molecule has 2 aromatic rings. The van der Waals surface area contributed by atoms with Gasteiger partial charge in [-0.25, -0.2) is 4.98 Å². The summed E-state index contributed by atoms with van der Waals surface area (Å²) in [6.07, 6.45) is 5.47. The summed E-state index contributed by atoms with van der Waals surface area (Å²) in [7, 11) is 0. The molecule has 0 fully saturated rings. The van der Waals surface area contributed by atoms with E-state index in [1.165, 1.54) is 6.33 Å². The van der Waals surface area contributed by atoms with Crippen molar-refractivity contribution in [2.24, 2.45) is 0 Å². The summed E-state index contributed by atoms with van der Waals surface area (Å²) >= 11 is 3.58. The van der Waals surface area contributed by atoms with E-state index in [1.54, 1.807) is 0 Å². The molecule has 0 spiro atoms. The van der Waals surface area contributed by atoms with Gasteiger partial charge in [0.15, 0.2) is 0 Å². The third-order valence-electron chi connectivity index (χ3n) is 2.85. The third-order valence-corrected chi connectivity index (χ3v) is 3.46. The number of nitrogens with one attached hydrogen (secondary N) is 2. The van der Waals surface area contributed by atoms with Gasteiger partial charge in [-0.2, -0.15) is 10.2 Å². The molecule has 104 valence electrons. The maximum Gasteiger partial charge on any atom is 0.147 e. The van der Waals surface area contributed by atoms with Crippen LogP contribution in [0.1, 0.15) is 44.2 Å². The molecule has 2 rings (SSSR count). The lowest BCUT2D eigenvalue weighted by Gasteiger charge is -2.18. The van der Waals surface area contributed by atoms with Crippen molar-refractivity contribution in [1.82, 2.24) is 30.3 Å². The Balaban J connectivity index is 2.34. The van der Waals surface area contributed by atoms with Crippen LogP contribution in [0.15, 0.2) is 17.0 Å². The first kappa shape index (κ1) is 14.2. The van der Waals surface area contributed by atoms with Gasteiger partial charge in [-0.1, -0.05) is 13.8 Å². The Morgan fingerprint density at radius 2 is 2.26 bits per heavy atom. The molecule has 0 aliphatic rings. The Labute approximate surface area is 121 Å². The van der Waals surface area contributed by atoms with E-state index in [1.807, 2.05) is 10.9 Å². The van der Waals surface area contributed by atoms with Crippen molar-refractivity contribution < 1.29 is 0 Å². The molecule has 0 saturated carbocycles. The molecule has 0 radical (unpaired) electrons. The van der Waals surface area contributed by atoms with E-state index in [9.17, 15) is 0 Å². The van der Waals surface area contributed by atoms with Crippen LogP contribution in [-0.2, 0) is 6.54 Å². The number of aryl methyl sites for hydroxylation is 1. The summed E-state index contributed by atoms with van der Waals surface area (Å²) in [6.45, 7) is 6.08. The molecular weight excluding hydrogens is 308 g/mol. The van der Waals surface area contributed by atoms with Crippen LogP contribution in [0.2, 0.25) is 0 Å². The van der Waals surface area contributed by atoms with E-state index in [-0.39, 0.29) is 6.04 Å². The number of aromatic nitrogens is 5. The molecule has 1 atom stereocenters. The number of halogens is 1. The molecule has 0 aromatic carbocycles. The van der Waals surface area contributed by atoms with Crippen LogP contribution in [0, 0.1) is 0 Å². The zero-order valence-corrected chi connectivity index (χ0v) is 12.8. The molecule has 2 aromatic heterocycles. The predicted octanol–water partition coefficient (Wildman–Crippen LogP) is 2.26. The molecule has 0 aliphatic heterocycles.